The van der Waals surface area contributed by atoms with Crippen LogP contribution in [-0.4, -0.2) is 52.7 Å². The summed E-state index contributed by atoms with van der Waals surface area (Å²) in [7, 11) is 1.56. The van der Waals surface area contributed by atoms with Crippen LogP contribution in [-0.2, 0) is 4.74 Å². The fourth-order valence-electron chi connectivity index (χ4n) is 1.69. The molecule has 130 valence electrons. The number of alkyl halides is 3. The average Bonchev–Trinajstić information content (AvgIpc) is 3.00. The molecule has 0 radical (unpaired) electrons. The number of tetrazole rings is 1. The van der Waals surface area contributed by atoms with Gasteiger partial charge in [0.2, 0.25) is 0 Å². The molecule has 0 aliphatic carbocycles. The van der Waals surface area contributed by atoms with Crippen molar-refractivity contribution >= 4 is 5.91 Å². The van der Waals surface area contributed by atoms with E-state index in [1.54, 1.807) is 7.11 Å². The number of halogens is 3. The standard InChI is InChI=1S/C13H14F3N5O3/c1-23-8-2-7-17-12(22)11-18-20-21(19-11)9-3-5-10(6-4-9)24-13(14,15)16/h3-6H,2,7-8H2,1H3,(H,17,22). The molecule has 2 rings (SSSR count). The van der Waals surface area contributed by atoms with Crippen LogP contribution in [0.2, 0.25) is 0 Å². The van der Waals surface area contributed by atoms with Crippen molar-refractivity contribution in [3.05, 3.63) is 30.1 Å². The van der Waals surface area contributed by atoms with E-state index in [1.807, 2.05) is 0 Å². The van der Waals surface area contributed by atoms with Crippen LogP contribution in [0.1, 0.15) is 17.0 Å². The summed E-state index contributed by atoms with van der Waals surface area (Å²) in [6, 6.07) is 4.83. The third-order valence-electron chi connectivity index (χ3n) is 2.73. The lowest BCUT2D eigenvalue weighted by molar-refractivity contribution is -0.274. The van der Waals surface area contributed by atoms with Gasteiger partial charge in [-0.3, -0.25) is 4.79 Å². The molecule has 1 aromatic carbocycles. The first-order chi connectivity index (χ1) is 11.4. The Morgan fingerprint density at radius 2 is 2.00 bits per heavy atom. The summed E-state index contributed by atoms with van der Waals surface area (Å²) in [4.78, 5) is 12.8. The average molecular weight is 345 g/mol. The molecule has 1 N–H and O–H groups in total. The molecular formula is C13H14F3N5O3. The van der Waals surface area contributed by atoms with Crippen molar-refractivity contribution < 1.29 is 27.4 Å². The van der Waals surface area contributed by atoms with Gasteiger partial charge in [0.25, 0.3) is 11.7 Å². The topological polar surface area (TPSA) is 91.2 Å². The van der Waals surface area contributed by atoms with E-state index in [2.05, 4.69) is 25.5 Å². The summed E-state index contributed by atoms with van der Waals surface area (Å²) < 4.78 is 44.9. The molecule has 0 spiro atoms. The lowest BCUT2D eigenvalue weighted by Gasteiger charge is -2.08. The summed E-state index contributed by atoms with van der Waals surface area (Å²) in [6.07, 6.45) is -4.13. The maximum absolute atomic E-state index is 12.1. The summed E-state index contributed by atoms with van der Waals surface area (Å²) in [6.45, 7) is 0.900. The quantitative estimate of drug-likeness (QED) is 0.761. The van der Waals surface area contributed by atoms with Crippen molar-refractivity contribution in [1.29, 1.82) is 0 Å². The summed E-state index contributed by atoms with van der Waals surface area (Å²) in [5.41, 5.74) is 0.329. The van der Waals surface area contributed by atoms with Crippen LogP contribution in [0.3, 0.4) is 0 Å². The highest BCUT2D eigenvalue weighted by atomic mass is 19.4. The molecule has 1 amide bonds. The molecule has 0 saturated carbocycles. The maximum Gasteiger partial charge on any atom is 0.573 e. The molecular weight excluding hydrogens is 331 g/mol. The molecule has 2 aromatic rings. The van der Waals surface area contributed by atoms with E-state index in [9.17, 15) is 18.0 Å². The van der Waals surface area contributed by atoms with Crippen molar-refractivity contribution in [3.8, 4) is 11.4 Å². The third kappa shape index (κ3) is 5.19. The molecule has 0 aliphatic rings. The number of hydrogen-bond donors (Lipinski definition) is 1. The smallest absolute Gasteiger partial charge is 0.406 e. The van der Waals surface area contributed by atoms with Crippen LogP contribution in [0.25, 0.3) is 5.69 Å². The van der Waals surface area contributed by atoms with E-state index in [0.29, 0.717) is 25.3 Å². The third-order valence-corrected chi connectivity index (χ3v) is 2.73. The second-order valence-electron chi connectivity index (χ2n) is 4.55. The molecule has 0 aliphatic heterocycles. The van der Waals surface area contributed by atoms with Crippen LogP contribution in [0.15, 0.2) is 24.3 Å². The molecule has 1 heterocycles. The van der Waals surface area contributed by atoms with Gasteiger partial charge in [0.05, 0.1) is 5.69 Å². The summed E-state index contributed by atoms with van der Waals surface area (Å²) >= 11 is 0. The molecule has 0 fully saturated rings. The predicted octanol–water partition coefficient (Wildman–Crippen LogP) is 1.33. The van der Waals surface area contributed by atoms with Crippen molar-refractivity contribution in [1.82, 2.24) is 25.5 Å². The number of hydrogen-bond acceptors (Lipinski definition) is 6. The Morgan fingerprint density at radius 1 is 1.29 bits per heavy atom. The molecule has 0 unspecified atom stereocenters. The Morgan fingerprint density at radius 3 is 2.62 bits per heavy atom. The molecule has 24 heavy (non-hydrogen) atoms. The first kappa shape index (κ1) is 17.7. The van der Waals surface area contributed by atoms with Gasteiger partial charge in [-0.25, -0.2) is 0 Å². The minimum Gasteiger partial charge on any atom is -0.406 e. The van der Waals surface area contributed by atoms with Crippen LogP contribution in [0, 0.1) is 0 Å². The highest BCUT2D eigenvalue weighted by molar-refractivity contribution is 5.90. The highest BCUT2D eigenvalue weighted by Gasteiger charge is 2.31. The Kier molecular flexibility index (Phi) is 5.68. The number of carbonyl (C=O) groups excluding carboxylic acids is 1. The summed E-state index contributed by atoms with van der Waals surface area (Å²) in [5, 5.41) is 13.7. The maximum atomic E-state index is 12.1. The summed E-state index contributed by atoms with van der Waals surface area (Å²) in [5.74, 6) is -1.03. The van der Waals surface area contributed by atoms with Crippen LogP contribution < -0.4 is 10.1 Å². The molecule has 11 heteroatoms. The first-order valence-corrected chi connectivity index (χ1v) is 6.82. The van der Waals surface area contributed by atoms with Crippen LogP contribution in [0.5, 0.6) is 5.75 Å². The Labute approximate surface area is 134 Å². The monoisotopic (exact) mass is 345 g/mol. The highest BCUT2D eigenvalue weighted by Crippen LogP contribution is 2.23. The number of ether oxygens (including phenoxy) is 2. The minimum atomic E-state index is -4.76. The predicted molar refractivity (Wildman–Crippen MR) is 74.7 cm³/mol. The van der Waals surface area contributed by atoms with E-state index >= 15 is 0 Å². The van der Waals surface area contributed by atoms with Crippen molar-refractivity contribution in [3.63, 3.8) is 0 Å². The second-order valence-corrected chi connectivity index (χ2v) is 4.55. The SMILES string of the molecule is COCCCNC(=O)c1nnn(-c2ccc(OC(F)(F)F)cc2)n1. The fraction of sp³-hybridized carbons (Fsp3) is 0.385. The zero-order valence-corrected chi connectivity index (χ0v) is 12.6. The molecule has 1 aromatic heterocycles. The van der Waals surface area contributed by atoms with E-state index in [0.717, 1.165) is 16.9 Å². The Bertz CT molecular complexity index is 672. The number of benzene rings is 1. The first-order valence-electron chi connectivity index (χ1n) is 6.82. The lowest BCUT2D eigenvalue weighted by Crippen LogP contribution is -2.26. The second kappa shape index (κ2) is 7.73. The van der Waals surface area contributed by atoms with Gasteiger partial charge < -0.3 is 14.8 Å². The van der Waals surface area contributed by atoms with Crippen molar-refractivity contribution in [2.45, 2.75) is 12.8 Å². The number of carbonyl (C=O) groups is 1. The van der Waals surface area contributed by atoms with Crippen LogP contribution >= 0.6 is 0 Å². The number of nitrogens with one attached hydrogen (secondary N) is 1. The van der Waals surface area contributed by atoms with Gasteiger partial charge in [-0.05, 0) is 35.9 Å². The van der Waals surface area contributed by atoms with Gasteiger partial charge >= 0.3 is 6.36 Å². The molecule has 0 bridgehead atoms. The number of nitrogens with zero attached hydrogens (tertiary/aromatic N) is 4. The van der Waals surface area contributed by atoms with Gasteiger partial charge in [-0.2, -0.15) is 0 Å². The Balaban J connectivity index is 1.98. The zero-order chi connectivity index (χ0) is 17.6. The van der Waals surface area contributed by atoms with E-state index in [-0.39, 0.29) is 11.6 Å². The van der Waals surface area contributed by atoms with Crippen molar-refractivity contribution in [2.24, 2.45) is 0 Å². The van der Waals surface area contributed by atoms with E-state index in [1.165, 1.54) is 12.1 Å². The molecule has 0 atom stereocenters. The molecule has 8 nitrogen and oxygen atoms in total. The van der Waals surface area contributed by atoms with Crippen molar-refractivity contribution in [2.75, 3.05) is 20.3 Å². The van der Waals surface area contributed by atoms with Gasteiger partial charge in [-0.15, -0.1) is 28.2 Å². The number of rotatable bonds is 7. The van der Waals surface area contributed by atoms with E-state index < -0.39 is 12.3 Å². The van der Waals surface area contributed by atoms with E-state index in [4.69, 9.17) is 4.74 Å². The van der Waals surface area contributed by atoms with Gasteiger partial charge in [0, 0.05) is 20.3 Å². The zero-order valence-electron chi connectivity index (χ0n) is 12.6. The Hall–Kier alpha value is -2.69. The lowest BCUT2D eigenvalue weighted by atomic mass is 10.3. The van der Waals surface area contributed by atoms with Gasteiger partial charge in [0.15, 0.2) is 0 Å². The number of methoxy groups -OCH3 is 1. The number of aromatic nitrogens is 4. The normalized spacial score (nSPS) is 11.3. The molecule has 0 saturated heterocycles. The number of amides is 1. The minimum absolute atomic E-state index is 0.150. The fourth-order valence-corrected chi connectivity index (χ4v) is 1.69. The van der Waals surface area contributed by atoms with Gasteiger partial charge in [0.1, 0.15) is 5.75 Å². The van der Waals surface area contributed by atoms with Gasteiger partial charge in [-0.1, -0.05) is 0 Å². The van der Waals surface area contributed by atoms with Crippen LogP contribution in [0.4, 0.5) is 13.2 Å². The largest absolute Gasteiger partial charge is 0.573 e.